The molecule has 3 rings (SSSR count). The Labute approximate surface area is 136 Å². The third kappa shape index (κ3) is 3.27. The van der Waals surface area contributed by atoms with Crippen molar-refractivity contribution in [2.75, 3.05) is 19.6 Å². The van der Waals surface area contributed by atoms with Gasteiger partial charge in [0.2, 0.25) is 0 Å². The van der Waals surface area contributed by atoms with E-state index in [1.54, 1.807) is 6.07 Å². The summed E-state index contributed by atoms with van der Waals surface area (Å²) in [6.45, 7) is 5.94. The lowest BCUT2D eigenvalue weighted by Crippen LogP contribution is -2.48. The molecule has 0 aromatic heterocycles. The molecule has 1 atom stereocenters. The fraction of sp³-hybridized carbons (Fsp3) is 0.316. The monoisotopic (exact) mass is 312 g/mol. The number of carbonyl (C=O) groups is 1. The van der Waals surface area contributed by atoms with Crippen LogP contribution in [0.3, 0.4) is 0 Å². The fourth-order valence-electron chi connectivity index (χ4n) is 3.08. The SMILES string of the molecule is Cc1ccc(C)c(C(=O)N2CCNCC2c2cccc(F)c2)c1. The zero-order chi connectivity index (χ0) is 16.4. The number of hydrogen-bond donors (Lipinski definition) is 1. The second-order valence-electron chi connectivity index (χ2n) is 6.09. The number of halogens is 1. The molecule has 1 heterocycles. The average Bonchev–Trinajstić information content (AvgIpc) is 2.56. The largest absolute Gasteiger partial charge is 0.329 e. The van der Waals surface area contributed by atoms with Crippen LogP contribution in [-0.2, 0) is 0 Å². The first-order valence-corrected chi connectivity index (χ1v) is 7.90. The minimum absolute atomic E-state index is 0.0157. The molecule has 1 saturated heterocycles. The topological polar surface area (TPSA) is 32.3 Å². The molecule has 1 aliphatic rings. The highest BCUT2D eigenvalue weighted by Crippen LogP contribution is 2.26. The molecule has 3 nitrogen and oxygen atoms in total. The number of benzene rings is 2. The number of piperazine rings is 1. The second kappa shape index (κ2) is 6.50. The highest BCUT2D eigenvalue weighted by Gasteiger charge is 2.29. The first-order valence-electron chi connectivity index (χ1n) is 7.90. The lowest BCUT2D eigenvalue weighted by Gasteiger charge is -2.37. The van der Waals surface area contributed by atoms with Crippen molar-refractivity contribution in [1.82, 2.24) is 10.2 Å². The summed E-state index contributed by atoms with van der Waals surface area (Å²) in [5, 5.41) is 3.30. The van der Waals surface area contributed by atoms with Crippen molar-refractivity contribution in [2.24, 2.45) is 0 Å². The minimum Gasteiger partial charge on any atom is -0.329 e. The quantitative estimate of drug-likeness (QED) is 0.923. The lowest BCUT2D eigenvalue weighted by atomic mass is 9.99. The Hall–Kier alpha value is -2.20. The molecule has 0 saturated carbocycles. The molecule has 0 aliphatic carbocycles. The normalized spacial score (nSPS) is 18.0. The molecular weight excluding hydrogens is 291 g/mol. The molecule has 2 aromatic carbocycles. The van der Waals surface area contributed by atoms with Crippen LogP contribution < -0.4 is 5.32 Å². The third-order valence-corrected chi connectivity index (χ3v) is 4.36. The predicted octanol–water partition coefficient (Wildman–Crippen LogP) is 3.23. The molecule has 1 fully saturated rings. The predicted molar refractivity (Wildman–Crippen MR) is 89.0 cm³/mol. The van der Waals surface area contributed by atoms with Gasteiger partial charge >= 0.3 is 0 Å². The Bertz CT molecular complexity index is 729. The smallest absolute Gasteiger partial charge is 0.254 e. The van der Waals surface area contributed by atoms with Gasteiger partial charge in [-0.3, -0.25) is 4.79 Å². The van der Waals surface area contributed by atoms with E-state index in [1.807, 2.05) is 43.0 Å². The van der Waals surface area contributed by atoms with Gasteiger partial charge in [-0.05, 0) is 43.2 Å². The van der Waals surface area contributed by atoms with Gasteiger partial charge in [-0.25, -0.2) is 4.39 Å². The van der Waals surface area contributed by atoms with E-state index >= 15 is 0 Å². The summed E-state index contributed by atoms with van der Waals surface area (Å²) in [5.41, 5.74) is 3.60. The van der Waals surface area contributed by atoms with Gasteiger partial charge in [0, 0.05) is 25.2 Å². The van der Waals surface area contributed by atoms with Crippen molar-refractivity contribution in [2.45, 2.75) is 19.9 Å². The number of hydrogen-bond acceptors (Lipinski definition) is 2. The molecule has 1 aliphatic heterocycles. The van der Waals surface area contributed by atoms with Crippen LogP contribution in [0.5, 0.6) is 0 Å². The van der Waals surface area contributed by atoms with Crippen LogP contribution in [-0.4, -0.2) is 30.4 Å². The van der Waals surface area contributed by atoms with Gasteiger partial charge in [0.25, 0.3) is 5.91 Å². The summed E-state index contributed by atoms with van der Waals surface area (Å²) in [7, 11) is 0. The van der Waals surface area contributed by atoms with Gasteiger partial charge in [0.1, 0.15) is 5.82 Å². The van der Waals surface area contributed by atoms with Crippen LogP contribution in [0.2, 0.25) is 0 Å². The van der Waals surface area contributed by atoms with Gasteiger partial charge in [-0.2, -0.15) is 0 Å². The Kier molecular flexibility index (Phi) is 4.44. The van der Waals surface area contributed by atoms with Crippen molar-refractivity contribution in [3.63, 3.8) is 0 Å². The summed E-state index contributed by atoms with van der Waals surface area (Å²) in [6, 6.07) is 12.3. The van der Waals surface area contributed by atoms with Crippen molar-refractivity contribution < 1.29 is 9.18 Å². The lowest BCUT2D eigenvalue weighted by molar-refractivity contribution is 0.0633. The molecule has 4 heteroatoms. The summed E-state index contributed by atoms with van der Waals surface area (Å²) < 4.78 is 13.6. The molecule has 2 aromatic rings. The Morgan fingerprint density at radius 2 is 2.04 bits per heavy atom. The number of aryl methyl sites for hydroxylation is 2. The van der Waals surface area contributed by atoms with Crippen molar-refractivity contribution in [1.29, 1.82) is 0 Å². The maximum Gasteiger partial charge on any atom is 0.254 e. The van der Waals surface area contributed by atoms with E-state index in [-0.39, 0.29) is 17.8 Å². The van der Waals surface area contributed by atoms with E-state index in [0.29, 0.717) is 13.1 Å². The highest BCUT2D eigenvalue weighted by atomic mass is 19.1. The maximum absolute atomic E-state index is 13.6. The van der Waals surface area contributed by atoms with Gasteiger partial charge in [-0.15, -0.1) is 0 Å². The van der Waals surface area contributed by atoms with E-state index in [1.165, 1.54) is 12.1 Å². The number of amides is 1. The fourth-order valence-corrected chi connectivity index (χ4v) is 3.08. The Morgan fingerprint density at radius 1 is 1.22 bits per heavy atom. The standard InChI is InChI=1S/C19H21FN2O/c1-13-6-7-14(2)17(10-13)19(23)22-9-8-21-12-18(22)15-4-3-5-16(20)11-15/h3-7,10-11,18,21H,8-9,12H2,1-2H3. The summed E-state index contributed by atoms with van der Waals surface area (Å²) >= 11 is 0. The van der Waals surface area contributed by atoms with Crippen LogP contribution in [0.4, 0.5) is 4.39 Å². The zero-order valence-electron chi connectivity index (χ0n) is 13.5. The molecule has 1 N–H and O–H groups in total. The minimum atomic E-state index is -0.271. The van der Waals surface area contributed by atoms with E-state index in [4.69, 9.17) is 0 Å². The van der Waals surface area contributed by atoms with Gasteiger partial charge in [0.05, 0.1) is 6.04 Å². The molecule has 0 radical (unpaired) electrons. The van der Waals surface area contributed by atoms with Crippen molar-refractivity contribution in [3.8, 4) is 0 Å². The molecule has 1 unspecified atom stereocenters. The summed E-state index contributed by atoms with van der Waals surface area (Å²) in [6.07, 6.45) is 0. The number of rotatable bonds is 2. The summed E-state index contributed by atoms with van der Waals surface area (Å²) in [5.74, 6) is -0.255. The van der Waals surface area contributed by atoms with Crippen molar-refractivity contribution >= 4 is 5.91 Å². The van der Waals surface area contributed by atoms with Crippen LogP contribution in [0.25, 0.3) is 0 Å². The maximum atomic E-state index is 13.6. The molecule has 120 valence electrons. The van der Waals surface area contributed by atoms with E-state index < -0.39 is 0 Å². The Morgan fingerprint density at radius 3 is 2.83 bits per heavy atom. The van der Waals surface area contributed by atoms with Gasteiger partial charge in [0.15, 0.2) is 0 Å². The number of carbonyl (C=O) groups excluding carboxylic acids is 1. The van der Waals surface area contributed by atoms with E-state index in [9.17, 15) is 9.18 Å². The highest BCUT2D eigenvalue weighted by molar-refractivity contribution is 5.96. The first kappa shape index (κ1) is 15.7. The van der Waals surface area contributed by atoms with Gasteiger partial charge < -0.3 is 10.2 Å². The van der Waals surface area contributed by atoms with Crippen LogP contribution in [0.1, 0.15) is 33.1 Å². The van der Waals surface area contributed by atoms with Crippen LogP contribution in [0.15, 0.2) is 42.5 Å². The molecule has 0 bridgehead atoms. The molecular formula is C19H21FN2O. The zero-order valence-corrected chi connectivity index (χ0v) is 13.5. The molecule has 23 heavy (non-hydrogen) atoms. The van der Waals surface area contributed by atoms with Crippen LogP contribution in [0, 0.1) is 19.7 Å². The third-order valence-electron chi connectivity index (χ3n) is 4.36. The average molecular weight is 312 g/mol. The summed E-state index contributed by atoms with van der Waals surface area (Å²) in [4.78, 5) is 14.9. The Balaban J connectivity index is 1.95. The van der Waals surface area contributed by atoms with E-state index in [0.717, 1.165) is 28.8 Å². The first-order chi connectivity index (χ1) is 11.1. The second-order valence-corrected chi connectivity index (χ2v) is 6.09. The molecule has 1 amide bonds. The van der Waals surface area contributed by atoms with Crippen LogP contribution >= 0.6 is 0 Å². The van der Waals surface area contributed by atoms with Gasteiger partial charge in [-0.1, -0.05) is 29.8 Å². The number of nitrogens with zero attached hydrogens (tertiary/aromatic N) is 1. The number of nitrogens with one attached hydrogen (secondary N) is 1. The van der Waals surface area contributed by atoms with Crippen molar-refractivity contribution in [3.05, 3.63) is 70.5 Å². The van der Waals surface area contributed by atoms with E-state index in [2.05, 4.69) is 5.32 Å². The molecule has 0 spiro atoms.